The van der Waals surface area contributed by atoms with E-state index in [0.29, 0.717) is 27.8 Å². The molecule has 27 heavy (non-hydrogen) atoms. The van der Waals surface area contributed by atoms with Gasteiger partial charge in [-0.25, -0.2) is 0 Å². The second-order valence-corrected chi connectivity index (χ2v) is 7.38. The van der Waals surface area contributed by atoms with E-state index in [-0.39, 0.29) is 17.4 Å². The lowest BCUT2D eigenvalue weighted by atomic mass is 10.2. The van der Waals surface area contributed by atoms with Gasteiger partial charge in [0.05, 0.1) is 22.6 Å². The van der Waals surface area contributed by atoms with Crippen LogP contribution in [0.3, 0.4) is 0 Å². The maximum atomic E-state index is 12.2. The smallest absolute Gasteiger partial charge is 0.234 e. The molecule has 0 aliphatic rings. The predicted molar refractivity (Wildman–Crippen MR) is 106 cm³/mol. The van der Waals surface area contributed by atoms with Crippen LogP contribution in [0, 0.1) is 11.3 Å². The zero-order valence-corrected chi connectivity index (χ0v) is 16.6. The summed E-state index contributed by atoms with van der Waals surface area (Å²) in [5.41, 5.74) is 1.42. The number of carbonyl (C=O) groups excluding carboxylic acids is 1. The third-order valence-corrected chi connectivity index (χ3v) is 5.20. The van der Waals surface area contributed by atoms with Crippen molar-refractivity contribution in [1.82, 2.24) is 14.8 Å². The third kappa shape index (κ3) is 4.30. The number of benzene rings is 2. The van der Waals surface area contributed by atoms with Crippen LogP contribution in [0.1, 0.15) is 5.56 Å². The maximum absolute atomic E-state index is 12.2. The fourth-order valence-electron chi connectivity index (χ4n) is 2.37. The van der Waals surface area contributed by atoms with Crippen molar-refractivity contribution in [3.63, 3.8) is 0 Å². The van der Waals surface area contributed by atoms with Crippen molar-refractivity contribution in [1.29, 1.82) is 5.26 Å². The first kappa shape index (κ1) is 18.9. The van der Waals surface area contributed by atoms with Gasteiger partial charge in [0.1, 0.15) is 11.8 Å². The molecule has 0 aliphatic heterocycles. The topological polar surface area (TPSA) is 104 Å². The fraction of sp³-hybridized carbons (Fsp3) is 0.111. The summed E-state index contributed by atoms with van der Waals surface area (Å²) in [4.78, 5) is 12.2. The number of hydrogen-bond acceptors (Lipinski definition) is 6. The summed E-state index contributed by atoms with van der Waals surface area (Å²) >= 11 is 4.58. The molecule has 1 amide bonds. The minimum Gasteiger partial charge on any atom is -0.507 e. The molecule has 0 fully saturated rings. The average molecular weight is 444 g/mol. The van der Waals surface area contributed by atoms with Gasteiger partial charge in [-0.1, -0.05) is 39.8 Å². The van der Waals surface area contributed by atoms with E-state index in [1.165, 1.54) is 11.8 Å². The number of hydrogen-bond donors (Lipinski definition) is 2. The lowest BCUT2D eigenvalue weighted by molar-refractivity contribution is -0.113. The second-order valence-electron chi connectivity index (χ2n) is 5.52. The van der Waals surface area contributed by atoms with Gasteiger partial charge >= 0.3 is 0 Å². The molecule has 7 nitrogen and oxygen atoms in total. The maximum Gasteiger partial charge on any atom is 0.234 e. The number of rotatable bonds is 5. The standard InChI is InChI=1S/C18H14BrN5O2S/c1-24-17(13-8-12(19)6-7-15(13)25)22-23-18(24)27-10-16(26)21-14-5-3-2-4-11(14)9-20/h2-8,25H,10H2,1H3,(H,21,26). The van der Waals surface area contributed by atoms with Gasteiger partial charge in [-0.15, -0.1) is 10.2 Å². The minimum atomic E-state index is -0.252. The average Bonchev–Trinajstić information content (AvgIpc) is 3.03. The molecule has 3 aromatic rings. The lowest BCUT2D eigenvalue weighted by Crippen LogP contribution is -2.15. The first-order valence-corrected chi connectivity index (χ1v) is 9.57. The lowest BCUT2D eigenvalue weighted by Gasteiger charge is -2.07. The Bertz CT molecular complexity index is 1040. The Morgan fingerprint density at radius 3 is 2.89 bits per heavy atom. The zero-order chi connectivity index (χ0) is 19.4. The van der Waals surface area contributed by atoms with Gasteiger partial charge in [-0.3, -0.25) is 4.79 Å². The van der Waals surface area contributed by atoms with Crippen LogP contribution >= 0.6 is 27.7 Å². The van der Waals surface area contributed by atoms with Crippen molar-refractivity contribution < 1.29 is 9.90 Å². The van der Waals surface area contributed by atoms with Crippen molar-refractivity contribution >= 4 is 39.3 Å². The Balaban J connectivity index is 1.70. The Hall–Kier alpha value is -2.83. The summed E-state index contributed by atoms with van der Waals surface area (Å²) in [6.07, 6.45) is 0. The number of anilines is 1. The number of thioether (sulfide) groups is 1. The van der Waals surface area contributed by atoms with E-state index in [9.17, 15) is 9.90 Å². The molecule has 0 saturated carbocycles. The third-order valence-electron chi connectivity index (χ3n) is 3.69. The number of phenolic OH excluding ortho intramolecular Hbond substituents is 1. The van der Waals surface area contributed by atoms with Gasteiger partial charge in [-0.05, 0) is 30.3 Å². The van der Waals surface area contributed by atoms with Gasteiger partial charge in [-0.2, -0.15) is 5.26 Å². The van der Waals surface area contributed by atoms with E-state index in [1.807, 2.05) is 6.07 Å². The van der Waals surface area contributed by atoms with Gasteiger partial charge in [0, 0.05) is 11.5 Å². The van der Waals surface area contributed by atoms with Crippen LogP contribution in [0.5, 0.6) is 5.75 Å². The number of carbonyl (C=O) groups is 1. The quantitative estimate of drug-likeness (QED) is 0.584. The summed E-state index contributed by atoms with van der Waals surface area (Å²) in [5.74, 6) is 0.441. The fourth-order valence-corrected chi connectivity index (χ4v) is 3.44. The van der Waals surface area contributed by atoms with Gasteiger partial charge < -0.3 is 15.0 Å². The number of nitrogens with one attached hydrogen (secondary N) is 1. The molecule has 0 atom stereocenters. The Morgan fingerprint density at radius 1 is 1.33 bits per heavy atom. The number of aromatic nitrogens is 3. The molecular weight excluding hydrogens is 430 g/mol. The highest BCUT2D eigenvalue weighted by Crippen LogP contribution is 2.32. The highest BCUT2D eigenvalue weighted by atomic mass is 79.9. The molecule has 1 aromatic heterocycles. The van der Waals surface area contributed by atoms with Gasteiger partial charge in [0.15, 0.2) is 11.0 Å². The summed E-state index contributed by atoms with van der Waals surface area (Å²) < 4.78 is 2.52. The predicted octanol–water partition coefficient (Wildman–Crippen LogP) is 3.55. The van der Waals surface area contributed by atoms with Crippen LogP contribution in [-0.4, -0.2) is 31.5 Å². The van der Waals surface area contributed by atoms with Crippen LogP contribution in [0.15, 0.2) is 52.1 Å². The highest BCUT2D eigenvalue weighted by Gasteiger charge is 2.16. The SMILES string of the molecule is Cn1c(SCC(=O)Nc2ccccc2C#N)nnc1-c1cc(Br)ccc1O. The number of nitrogens with zero attached hydrogens (tertiary/aromatic N) is 4. The molecular formula is C18H14BrN5O2S. The van der Waals surface area contributed by atoms with Crippen molar-refractivity contribution in [2.45, 2.75) is 5.16 Å². The molecule has 136 valence electrons. The summed E-state index contributed by atoms with van der Waals surface area (Å²) in [7, 11) is 1.76. The van der Waals surface area contributed by atoms with Gasteiger partial charge in [0.25, 0.3) is 0 Å². The molecule has 1 heterocycles. The molecule has 0 saturated heterocycles. The van der Waals surface area contributed by atoms with Crippen LogP contribution in [-0.2, 0) is 11.8 Å². The molecule has 0 spiro atoms. The highest BCUT2D eigenvalue weighted by molar-refractivity contribution is 9.10. The second kappa shape index (κ2) is 8.24. The molecule has 0 bridgehead atoms. The molecule has 2 N–H and O–H groups in total. The van der Waals surface area contributed by atoms with Crippen LogP contribution < -0.4 is 5.32 Å². The normalized spacial score (nSPS) is 10.4. The van der Waals surface area contributed by atoms with E-state index in [1.54, 1.807) is 54.1 Å². The molecule has 3 rings (SSSR count). The largest absolute Gasteiger partial charge is 0.507 e. The van der Waals surface area contributed by atoms with Crippen molar-refractivity contribution in [3.8, 4) is 23.2 Å². The van der Waals surface area contributed by atoms with E-state index in [2.05, 4.69) is 31.4 Å². The number of amides is 1. The van der Waals surface area contributed by atoms with E-state index in [0.717, 1.165) is 4.47 Å². The molecule has 2 aromatic carbocycles. The molecule has 0 unspecified atom stereocenters. The van der Waals surface area contributed by atoms with Crippen LogP contribution in [0.25, 0.3) is 11.4 Å². The van der Waals surface area contributed by atoms with Gasteiger partial charge in [0.2, 0.25) is 5.91 Å². The molecule has 0 aliphatic carbocycles. The summed E-state index contributed by atoms with van der Waals surface area (Å²) in [6.45, 7) is 0. The number of halogens is 1. The van der Waals surface area contributed by atoms with Crippen molar-refractivity contribution in [3.05, 3.63) is 52.5 Å². The molecule has 9 heteroatoms. The summed E-state index contributed by atoms with van der Waals surface area (Å²) in [6, 6.07) is 13.9. The Labute approximate surface area is 168 Å². The summed E-state index contributed by atoms with van der Waals surface area (Å²) in [5, 5.41) is 30.6. The number of para-hydroxylation sites is 1. The minimum absolute atomic E-state index is 0.0936. The van der Waals surface area contributed by atoms with Crippen LogP contribution in [0.2, 0.25) is 0 Å². The number of nitriles is 1. The van der Waals surface area contributed by atoms with E-state index < -0.39 is 0 Å². The van der Waals surface area contributed by atoms with Crippen molar-refractivity contribution in [2.24, 2.45) is 7.05 Å². The first-order valence-electron chi connectivity index (χ1n) is 7.79. The monoisotopic (exact) mass is 443 g/mol. The Morgan fingerprint density at radius 2 is 2.11 bits per heavy atom. The van der Waals surface area contributed by atoms with E-state index in [4.69, 9.17) is 5.26 Å². The first-order chi connectivity index (χ1) is 13.0. The van der Waals surface area contributed by atoms with E-state index >= 15 is 0 Å². The molecule has 0 radical (unpaired) electrons. The number of phenols is 1. The zero-order valence-electron chi connectivity index (χ0n) is 14.2. The Kier molecular flexibility index (Phi) is 5.78. The van der Waals surface area contributed by atoms with Crippen molar-refractivity contribution in [2.75, 3.05) is 11.1 Å². The number of aromatic hydroxyl groups is 1. The van der Waals surface area contributed by atoms with Crippen LogP contribution in [0.4, 0.5) is 5.69 Å².